The van der Waals surface area contributed by atoms with E-state index in [4.69, 9.17) is 0 Å². The van der Waals surface area contributed by atoms with Gasteiger partial charge in [0.25, 0.3) is 0 Å². The van der Waals surface area contributed by atoms with Crippen molar-refractivity contribution in [2.45, 2.75) is 78.7 Å². The van der Waals surface area contributed by atoms with Crippen LogP contribution in [0.25, 0.3) is 0 Å². The summed E-state index contributed by atoms with van der Waals surface area (Å²) < 4.78 is 9.60. The summed E-state index contributed by atoms with van der Waals surface area (Å²) in [4.78, 5) is 23.5. The van der Waals surface area contributed by atoms with E-state index in [-0.39, 0.29) is 48.2 Å². The highest BCUT2D eigenvalue weighted by molar-refractivity contribution is 8.22. The third kappa shape index (κ3) is 151. The van der Waals surface area contributed by atoms with Gasteiger partial charge in [-0.05, 0) is 51.8 Å². The van der Waals surface area contributed by atoms with E-state index in [0.717, 1.165) is 10.7 Å². The van der Waals surface area contributed by atoms with Gasteiger partial charge in [0.15, 0.2) is 10.2 Å². The third-order valence-corrected chi connectivity index (χ3v) is 4.36. The SMILES string of the molecule is C.C.C.C.C.CCN=C(C)SC.COC(C)=O.COC(C)=S.CSC(C)=O.CSC(C)=S. The molecule has 0 aliphatic rings. The third-order valence-electron chi connectivity index (χ3n) is 1.83. The quantitative estimate of drug-likeness (QED) is 0.136. The lowest BCUT2D eigenvalue weighted by Gasteiger charge is -1.87. The number of ether oxygens (including phenoxy) is 2. The predicted octanol–water partition coefficient (Wildman–Crippen LogP) is 8.72. The van der Waals surface area contributed by atoms with E-state index in [1.54, 1.807) is 50.7 Å². The lowest BCUT2D eigenvalue weighted by molar-refractivity contribution is -0.137. The van der Waals surface area contributed by atoms with Crippen LogP contribution in [0, 0.1) is 0 Å². The van der Waals surface area contributed by atoms with Crippen molar-refractivity contribution in [3.8, 4) is 0 Å². The first-order valence-corrected chi connectivity index (χ1v) is 12.1. The summed E-state index contributed by atoms with van der Waals surface area (Å²) in [6.07, 6.45) is 5.78. The fourth-order valence-corrected chi connectivity index (χ4v) is 0.545. The number of carbonyl (C=O) groups excluding carboxylic acids is 2. The number of carbonyl (C=O) groups is 2. The van der Waals surface area contributed by atoms with Crippen LogP contribution in [0.3, 0.4) is 0 Å². The second-order valence-electron chi connectivity index (χ2n) is 3.98. The summed E-state index contributed by atoms with van der Waals surface area (Å²) >= 11 is 13.7. The van der Waals surface area contributed by atoms with E-state index >= 15 is 0 Å². The van der Waals surface area contributed by atoms with Crippen LogP contribution in [0.2, 0.25) is 0 Å². The minimum absolute atomic E-state index is 0. The molecule has 0 aliphatic carbocycles. The maximum absolute atomic E-state index is 9.78. The Kier molecular flexibility index (Phi) is 114. The molecule has 0 saturated heterocycles. The summed E-state index contributed by atoms with van der Waals surface area (Å²) in [5.41, 5.74) is 0. The highest BCUT2D eigenvalue weighted by Crippen LogP contribution is 1.94. The van der Waals surface area contributed by atoms with E-state index in [2.05, 4.69) is 38.9 Å². The Morgan fingerprint density at radius 1 is 0.750 bits per heavy atom. The van der Waals surface area contributed by atoms with E-state index < -0.39 is 0 Å². The standard InChI is InChI=1S/C5H11NS.C3H6O2.2C3H6OS.C3H6S2.5CH4/c1-4-6-5(2)7-3;2*1-3(4)5-2;1-3(5)4-2;1-3(4)5-2;;;;;/h4H2,1-3H3;4*1-2H3;5*1H4. The van der Waals surface area contributed by atoms with Crippen molar-refractivity contribution in [2.75, 3.05) is 39.5 Å². The second kappa shape index (κ2) is 57.6. The topological polar surface area (TPSA) is 65.0 Å². The van der Waals surface area contributed by atoms with Gasteiger partial charge in [0.2, 0.25) is 0 Å². The van der Waals surface area contributed by atoms with Gasteiger partial charge in [0.1, 0.15) is 0 Å². The zero-order chi connectivity index (χ0) is 22.8. The molecular formula is C22H55NO4S5. The molecule has 0 fully saturated rings. The summed E-state index contributed by atoms with van der Waals surface area (Å²) in [5, 5.41) is 1.93. The zero-order valence-corrected chi connectivity index (χ0v) is 22.4. The molecule has 10 heteroatoms. The van der Waals surface area contributed by atoms with Gasteiger partial charge < -0.3 is 9.47 Å². The number of esters is 1. The fourth-order valence-electron chi connectivity index (χ4n) is 0.287. The highest BCUT2D eigenvalue weighted by atomic mass is 32.2. The Balaban J connectivity index is -0.0000000229. The first kappa shape index (κ1) is 63.5. The van der Waals surface area contributed by atoms with Crippen molar-refractivity contribution in [1.29, 1.82) is 0 Å². The Labute approximate surface area is 226 Å². The molecule has 5 nitrogen and oxygen atoms in total. The molecule has 0 unspecified atom stereocenters. The maximum Gasteiger partial charge on any atom is 0.302 e. The highest BCUT2D eigenvalue weighted by Gasteiger charge is 1.79. The van der Waals surface area contributed by atoms with E-state index in [0.29, 0.717) is 5.05 Å². The molecule has 0 radical (unpaired) electrons. The molecule has 0 amide bonds. The normalized spacial score (nSPS) is 7.16. The number of thioether (sulfide) groups is 3. The number of aliphatic imine (C=N–C) groups is 1. The van der Waals surface area contributed by atoms with Crippen LogP contribution >= 0.6 is 59.7 Å². The van der Waals surface area contributed by atoms with Crippen LogP contribution in [-0.4, -0.2) is 64.9 Å². The lowest BCUT2D eigenvalue weighted by Crippen LogP contribution is -1.88. The minimum Gasteiger partial charge on any atom is -0.491 e. The van der Waals surface area contributed by atoms with E-state index in [1.807, 2.05) is 33.3 Å². The molecule has 0 atom stereocenters. The summed E-state index contributed by atoms with van der Waals surface area (Å²) in [6.45, 7) is 11.5. The summed E-state index contributed by atoms with van der Waals surface area (Å²) in [5.74, 6) is -0.245. The fraction of sp³-hybridized carbons (Fsp3) is 0.773. The monoisotopic (exact) mass is 557 g/mol. The van der Waals surface area contributed by atoms with Crippen LogP contribution in [0.4, 0.5) is 0 Å². The molecule has 0 aromatic carbocycles. The molecule has 0 aromatic rings. The Morgan fingerprint density at radius 3 is 1.03 bits per heavy atom. The van der Waals surface area contributed by atoms with Gasteiger partial charge >= 0.3 is 5.97 Å². The number of hydrogen-bond acceptors (Lipinski definition) is 10. The van der Waals surface area contributed by atoms with Gasteiger partial charge in [-0.3, -0.25) is 14.6 Å². The molecule has 202 valence electrons. The Bertz CT molecular complexity index is 363. The van der Waals surface area contributed by atoms with Gasteiger partial charge in [-0.15, -0.1) is 23.5 Å². The summed E-state index contributed by atoms with van der Waals surface area (Å²) in [7, 11) is 2.91. The van der Waals surface area contributed by atoms with Gasteiger partial charge in [0, 0.05) is 31.5 Å². The summed E-state index contributed by atoms with van der Waals surface area (Å²) in [6, 6.07) is 0. The van der Waals surface area contributed by atoms with Crippen LogP contribution in [0.5, 0.6) is 0 Å². The first-order chi connectivity index (χ1) is 12.4. The average molecular weight is 558 g/mol. The van der Waals surface area contributed by atoms with Crippen LogP contribution in [0.1, 0.15) is 78.7 Å². The number of hydrogen-bond donors (Lipinski definition) is 0. The molecule has 0 aliphatic heterocycles. The van der Waals surface area contributed by atoms with E-state index in [1.165, 1.54) is 30.8 Å². The zero-order valence-electron chi connectivity index (χ0n) is 18.3. The molecule has 0 heterocycles. The largest absolute Gasteiger partial charge is 0.491 e. The van der Waals surface area contributed by atoms with Gasteiger partial charge in [0.05, 0.1) is 19.3 Å². The average Bonchev–Trinajstić information content (AvgIpc) is 2.63. The molecule has 0 aromatic heterocycles. The van der Waals surface area contributed by atoms with Crippen molar-refractivity contribution in [1.82, 2.24) is 0 Å². The molecule has 0 rings (SSSR count). The van der Waals surface area contributed by atoms with Crippen molar-refractivity contribution in [3.05, 3.63) is 0 Å². The smallest absolute Gasteiger partial charge is 0.302 e. The molecular weight excluding hydrogens is 503 g/mol. The van der Waals surface area contributed by atoms with Crippen LogP contribution in [-0.2, 0) is 19.1 Å². The van der Waals surface area contributed by atoms with Crippen molar-refractivity contribution in [3.63, 3.8) is 0 Å². The van der Waals surface area contributed by atoms with Crippen LogP contribution in [0.15, 0.2) is 4.99 Å². The van der Waals surface area contributed by atoms with Gasteiger partial charge in [-0.2, -0.15) is 0 Å². The van der Waals surface area contributed by atoms with E-state index in [9.17, 15) is 9.59 Å². The molecule has 0 N–H and O–H groups in total. The first-order valence-electron chi connectivity index (χ1n) is 7.63. The maximum atomic E-state index is 9.78. The van der Waals surface area contributed by atoms with Crippen molar-refractivity contribution >= 4 is 85.1 Å². The second-order valence-corrected chi connectivity index (χ2v) is 8.43. The molecule has 0 saturated carbocycles. The number of methoxy groups -OCH3 is 2. The lowest BCUT2D eigenvalue weighted by atomic mass is 10.7. The molecule has 0 bridgehead atoms. The Morgan fingerprint density at radius 2 is 1.00 bits per heavy atom. The Hall–Kier alpha value is -0.160. The number of rotatable bonds is 1. The van der Waals surface area contributed by atoms with Crippen LogP contribution < -0.4 is 0 Å². The number of nitrogens with zero attached hydrogens (tertiary/aromatic N) is 1. The van der Waals surface area contributed by atoms with Crippen molar-refractivity contribution < 1.29 is 19.1 Å². The van der Waals surface area contributed by atoms with Gasteiger partial charge in [-0.25, -0.2) is 0 Å². The van der Waals surface area contributed by atoms with Crippen molar-refractivity contribution in [2.24, 2.45) is 4.99 Å². The molecule has 32 heavy (non-hydrogen) atoms. The van der Waals surface area contributed by atoms with Gasteiger partial charge in [-0.1, -0.05) is 61.1 Å². The number of thiocarbonyl (C=S) groups is 2. The minimum atomic E-state index is -0.245. The molecule has 0 spiro atoms. The predicted molar refractivity (Wildman–Crippen MR) is 170 cm³/mol.